The molecule has 3 rings (SSSR count). The molecule has 1 saturated carbocycles. The highest BCUT2D eigenvalue weighted by Gasteiger charge is 2.29. The fourth-order valence-electron chi connectivity index (χ4n) is 3.42. The number of imidazole rings is 1. The normalized spacial score (nSPS) is 23.8. The number of nitrogens with zero attached hydrogens (tertiary/aromatic N) is 3. The molecule has 0 radical (unpaired) electrons. The van der Waals surface area contributed by atoms with Gasteiger partial charge in [-0.05, 0) is 18.8 Å². The van der Waals surface area contributed by atoms with E-state index in [1.165, 1.54) is 6.42 Å². The van der Waals surface area contributed by atoms with Gasteiger partial charge in [0.15, 0.2) is 0 Å². The van der Waals surface area contributed by atoms with E-state index in [9.17, 15) is 4.79 Å². The van der Waals surface area contributed by atoms with Gasteiger partial charge >= 0.3 is 0 Å². The van der Waals surface area contributed by atoms with E-state index in [1.807, 2.05) is 11.1 Å². The number of nitrogens with two attached hydrogens (primary N) is 1. The second-order valence-electron chi connectivity index (χ2n) is 6.25. The van der Waals surface area contributed by atoms with E-state index in [-0.39, 0.29) is 49.2 Å². The lowest BCUT2D eigenvalue weighted by atomic mass is 9.99. The molecule has 1 aliphatic carbocycles. The number of hydrogen-bond donors (Lipinski definition) is 2. The average molecular weight is 401 g/mol. The van der Waals surface area contributed by atoms with E-state index in [2.05, 4.69) is 14.9 Å². The number of aromatic nitrogens is 2. The van der Waals surface area contributed by atoms with Crippen molar-refractivity contribution in [3.8, 4) is 0 Å². The summed E-state index contributed by atoms with van der Waals surface area (Å²) in [5, 5.41) is 0. The minimum atomic E-state index is 0. The Bertz CT molecular complexity index is 466. The number of amides is 1. The van der Waals surface area contributed by atoms with Crippen LogP contribution in [0.5, 0.6) is 0 Å². The first-order valence-corrected chi connectivity index (χ1v) is 7.96. The van der Waals surface area contributed by atoms with Gasteiger partial charge in [-0.2, -0.15) is 0 Å². The van der Waals surface area contributed by atoms with Crippen LogP contribution in [0.1, 0.15) is 31.5 Å². The molecule has 0 bridgehead atoms. The molecular weight excluding hydrogens is 373 g/mol. The van der Waals surface area contributed by atoms with Crippen LogP contribution in [0.2, 0.25) is 0 Å². The minimum absolute atomic E-state index is 0. The summed E-state index contributed by atoms with van der Waals surface area (Å²) in [7, 11) is 0. The highest BCUT2D eigenvalue weighted by Crippen LogP contribution is 2.27. The Hall–Kier alpha value is -0.530. The summed E-state index contributed by atoms with van der Waals surface area (Å²) in [5.41, 5.74) is 6.07. The molecule has 6 nitrogen and oxygen atoms in total. The Morgan fingerprint density at radius 1 is 1.21 bits per heavy atom. The molecule has 2 fully saturated rings. The van der Waals surface area contributed by atoms with Crippen molar-refractivity contribution in [1.82, 2.24) is 19.8 Å². The Kier molecular flexibility index (Phi) is 10.9. The molecule has 9 heteroatoms. The number of rotatable bonds is 4. The van der Waals surface area contributed by atoms with Gasteiger partial charge in [-0.1, -0.05) is 6.42 Å². The predicted octanol–water partition coefficient (Wildman–Crippen LogP) is 1.84. The molecule has 24 heavy (non-hydrogen) atoms. The third-order valence-corrected chi connectivity index (χ3v) is 4.81. The summed E-state index contributed by atoms with van der Waals surface area (Å²) in [6.45, 7) is 4.32. The van der Waals surface area contributed by atoms with Crippen molar-refractivity contribution < 1.29 is 4.79 Å². The standard InChI is InChI=1S/C15H25N5O.3ClH/c16-13-3-1-2-12(13)10-15(21)20-8-6-19(7-9-20)11-14-17-4-5-18-14;;;/h4-5,12-13H,1-3,6-11,16H2,(H,17,18);3*1H/t12-,13+;;;/m0.../s1. The minimum Gasteiger partial charge on any atom is -0.348 e. The van der Waals surface area contributed by atoms with Crippen LogP contribution < -0.4 is 5.73 Å². The molecule has 0 unspecified atom stereocenters. The van der Waals surface area contributed by atoms with Crippen molar-refractivity contribution in [2.75, 3.05) is 26.2 Å². The fourth-order valence-corrected chi connectivity index (χ4v) is 3.42. The number of nitrogens with one attached hydrogen (secondary N) is 1. The van der Waals surface area contributed by atoms with Crippen molar-refractivity contribution in [2.24, 2.45) is 11.7 Å². The zero-order valence-corrected chi connectivity index (χ0v) is 16.2. The van der Waals surface area contributed by atoms with Crippen LogP contribution in [-0.4, -0.2) is 57.9 Å². The monoisotopic (exact) mass is 399 g/mol. The van der Waals surface area contributed by atoms with Crippen molar-refractivity contribution in [3.63, 3.8) is 0 Å². The largest absolute Gasteiger partial charge is 0.348 e. The first kappa shape index (κ1) is 23.5. The highest BCUT2D eigenvalue weighted by molar-refractivity contribution is 5.86. The van der Waals surface area contributed by atoms with Crippen molar-refractivity contribution in [1.29, 1.82) is 0 Å². The molecule has 2 atom stereocenters. The Morgan fingerprint density at radius 2 is 1.92 bits per heavy atom. The van der Waals surface area contributed by atoms with Crippen LogP contribution in [0, 0.1) is 5.92 Å². The van der Waals surface area contributed by atoms with E-state index in [1.54, 1.807) is 6.20 Å². The van der Waals surface area contributed by atoms with E-state index < -0.39 is 0 Å². The number of hydrogen-bond acceptors (Lipinski definition) is 4. The van der Waals surface area contributed by atoms with E-state index in [4.69, 9.17) is 5.73 Å². The molecule has 3 N–H and O–H groups in total. The summed E-state index contributed by atoms with van der Waals surface area (Å²) in [4.78, 5) is 24.1. The number of H-pyrrole nitrogens is 1. The third-order valence-electron chi connectivity index (χ3n) is 4.81. The molecule has 2 heterocycles. The van der Waals surface area contributed by atoms with Crippen molar-refractivity contribution in [2.45, 2.75) is 38.3 Å². The van der Waals surface area contributed by atoms with Crippen LogP contribution in [-0.2, 0) is 11.3 Å². The van der Waals surface area contributed by atoms with E-state index in [0.717, 1.165) is 51.4 Å². The summed E-state index contributed by atoms with van der Waals surface area (Å²) in [5.74, 6) is 1.68. The molecule has 0 aromatic carbocycles. The van der Waals surface area contributed by atoms with Gasteiger partial charge in [0.1, 0.15) is 5.82 Å². The maximum atomic E-state index is 12.4. The maximum absolute atomic E-state index is 12.4. The molecule has 1 amide bonds. The first-order chi connectivity index (χ1) is 10.2. The number of piperazine rings is 1. The smallest absolute Gasteiger partial charge is 0.222 e. The van der Waals surface area contributed by atoms with Gasteiger partial charge < -0.3 is 15.6 Å². The molecule has 2 aliphatic rings. The number of aromatic amines is 1. The lowest BCUT2D eigenvalue weighted by Gasteiger charge is -2.35. The highest BCUT2D eigenvalue weighted by atomic mass is 35.5. The Balaban J connectivity index is 0.00000176. The number of halogens is 3. The lowest BCUT2D eigenvalue weighted by molar-refractivity contribution is -0.134. The lowest BCUT2D eigenvalue weighted by Crippen LogP contribution is -2.49. The van der Waals surface area contributed by atoms with E-state index in [0.29, 0.717) is 12.3 Å². The number of carbonyl (C=O) groups is 1. The van der Waals surface area contributed by atoms with Crippen LogP contribution in [0.3, 0.4) is 0 Å². The van der Waals surface area contributed by atoms with Crippen molar-refractivity contribution >= 4 is 43.1 Å². The Labute approximate surface area is 162 Å². The van der Waals surface area contributed by atoms with Gasteiger partial charge in [0, 0.05) is 51.0 Å². The molecule has 1 aromatic heterocycles. The summed E-state index contributed by atoms with van der Waals surface area (Å²) >= 11 is 0. The zero-order valence-electron chi connectivity index (χ0n) is 13.7. The van der Waals surface area contributed by atoms with Crippen molar-refractivity contribution in [3.05, 3.63) is 18.2 Å². The molecule has 1 aromatic rings. The van der Waals surface area contributed by atoms with Crippen LogP contribution in [0.25, 0.3) is 0 Å². The summed E-state index contributed by atoms with van der Waals surface area (Å²) in [6.07, 6.45) is 7.63. The zero-order chi connectivity index (χ0) is 14.7. The van der Waals surface area contributed by atoms with Crippen LogP contribution in [0.4, 0.5) is 0 Å². The topological polar surface area (TPSA) is 78.2 Å². The van der Waals surface area contributed by atoms with E-state index >= 15 is 0 Å². The fraction of sp³-hybridized carbons (Fsp3) is 0.733. The average Bonchev–Trinajstić information content (AvgIpc) is 3.12. The predicted molar refractivity (Wildman–Crippen MR) is 102 cm³/mol. The number of carbonyl (C=O) groups excluding carboxylic acids is 1. The van der Waals surface area contributed by atoms with Gasteiger partial charge in [-0.25, -0.2) is 4.98 Å². The second-order valence-corrected chi connectivity index (χ2v) is 6.25. The Morgan fingerprint density at radius 3 is 2.46 bits per heavy atom. The van der Waals surface area contributed by atoms with Gasteiger partial charge in [0.25, 0.3) is 0 Å². The summed E-state index contributed by atoms with van der Waals surface area (Å²) in [6, 6.07) is 0.231. The third kappa shape index (κ3) is 6.08. The van der Waals surface area contributed by atoms with Gasteiger partial charge in [-0.15, -0.1) is 37.2 Å². The van der Waals surface area contributed by atoms with Crippen LogP contribution in [0.15, 0.2) is 12.4 Å². The van der Waals surface area contributed by atoms with Gasteiger partial charge in [0.05, 0.1) is 6.54 Å². The molecule has 0 spiro atoms. The van der Waals surface area contributed by atoms with Gasteiger partial charge in [0.2, 0.25) is 5.91 Å². The first-order valence-electron chi connectivity index (χ1n) is 7.96. The molecular formula is C15H28Cl3N5O. The molecule has 140 valence electrons. The quantitative estimate of drug-likeness (QED) is 0.808. The molecule has 1 aliphatic heterocycles. The molecule has 1 saturated heterocycles. The van der Waals surface area contributed by atoms with Gasteiger partial charge in [-0.3, -0.25) is 9.69 Å². The summed E-state index contributed by atoms with van der Waals surface area (Å²) < 4.78 is 0. The SMILES string of the molecule is Cl.Cl.Cl.N[C@@H]1CCC[C@H]1CC(=O)N1CCN(Cc2ncc[nH]2)CC1. The second kappa shape index (κ2) is 11.2. The van der Waals surface area contributed by atoms with Crippen LogP contribution >= 0.6 is 37.2 Å². The maximum Gasteiger partial charge on any atom is 0.222 e.